The number of nitrogens with zero attached hydrogens (tertiary/aromatic N) is 2. The van der Waals surface area contributed by atoms with Gasteiger partial charge < -0.3 is 0 Å². The number of nitrogens with one attached hydrogen (secondary N) is 1. The molecule has 0 fully saturated rings. The summed E-state index contributed by atoms with van der Waals surface area (Å²) in [6.45, 7) is 5.31. The molecular formula is C6H11BN3. The Labute approximate surface area is 63.3 Å². The molecule has 1 N–H and O–H groups in total. The molecule has 3 radical (unpaired) electrons. The maximum atomic E-state index is 6.88. The van der Waals surface area contributed by atoms with E-state index in [2.05, 4.69) is 10.2 Å². The van der Waals surface area contributed by atoms with Crippen LogP contribution in [0.5, 0.6) is 0 Å². The monoisotopic (exact) mass is 136 g/mol. The lowest BCUT2D eigenvalue weighted by atomic mass is 10.5. The Kier molecular flexibility index (Phi) is 7.33. The van der Waals surface area contributed by atoms with Crippen LogP contribution in [0, 0.1) is 5.41 Å². The average molecular weight is 136 g/mol. The zero-order valence-corrected chi connectivity index (χ0v) is 6.55. The van der Waals surface area contributed by atoms with E-state index in [1.807, 2.05) is 19.9 Å². The second-order valence-electron chi connectivity index (χ2n) is 1.72. The number of allylic oxidation sites excluding steroid dienone is 2. The normalized spacial score (nSPS) is 11.3. The first-order valence-corrected chi connectivity index (χ1v) is 2.76. The fraction of sp³-hybridized carbons (Fsp3) is 0.500. The fourth-order valence-electron chi connectivity index (χ4n) is 0.212. The van der Waals surface area contributed by atoms with E-state index in [4.69, 9.17) is 5.41 Å². The highest BCUT2D eigenvalue weighted by atomic mass is 15.1. The van der Waals surface area contributed by atoms with Crippen LogP contribution in [0.3, 0.4) is 0 Å². The Hall–Kier alpha value is -0.925. The van der Waals surface area contributed by atoms with Crippen molar-refractivity contribution in [3.8, 4) is 0 Å². The lowest BCUT2D eigenvalue weighted by molar-refractivity contribution is 1.13. The van der Waals surface area contributed by atoms with Gasteiger partial charge in [-0.25, -0.2) is 0 Å². The number of hydrogen-bond donors (Lipinski definition) is 1. The summed E-state index contributed by atoms with van der Waals surface area (Å²) in [5.41, 5.74) is 0.835. The van der Waals surface area contributed by atoms with Crippen molar-refractivity contribution in [1.82, 2.24) is 0 Å². The van der Waals surface area contributed by atoms with Gasteiger partial charge in [0.2, 0.25) is 0 Å². The van der Waals surface area contributed by atoms with Crippen molar-refractivity contribution in [2.24, 2.45) is 10.2 Å². The molecule has 0 aliphatic carbocycles. The molecule has 0 aromatic carbocycles. The largest absolute Gasteiger partial charge is 0.285 e. The molecular weight excluding hydrogens is 125 g/mol. The topological polar surface area (TPSA) is 48.6 Å². The second kappa shape index (κ2) is 6.20. The molecule has 0 aliphatic heterocycles. The van der Waals surface area contributed by atoms with Crippen LogP contribution in [0.2, 0.25) is 0 Å². The molecule has 10 heavy (non-hydrogen) atoms. The van der Waals surface area contributed by atoms with Gasteiger partial charge >= 0.3 is 0 Å². The van der Waals surface area contributed by atoms with E-state index >= 15 is 0 Å². The Morgan fingerprint density at radius 3 is 2.10 bits per heavy atom. The van der Waals surface area contributed by atoms with Crippen LogP contribution in [0.1, 0.15) is 20.8 Å². The Balaban J connectivity index is 0. The average Bonchev–Trinajstić information content (AvgIpc) is 1.83. The molecule has 0 bridgehead atoms. The third kappa shape index (κ3) is 7.07. The molecule has 0 amide bonds. The third-order valence-electron chi connectivity index (χ3n) is 0.776. The highest BCUT2D eigenvalue weighted by Gasteiger charge is 1.79. The minimum atomic E-state index is 0. The van der Waals surface area contributed by atoms with E-state index in [1.165, 1.54) is 0 Å². The zero-order chi connectivity index (χ0) is 7.28. The van der Waals surface area contributed by atoms with Crippen LogP contribution >= 0.6 is 0 Å². The van der Waals surface area contributed by atoms with Gasteiger partial charge in [0.15, 0.2) is 0 Å². The number of hydrogen-bond acceptors (Lipinski definition) is 2. The molecule has 4 heteroatoms. The minimum absolute atomic E-state index is 0. The molecule has 0 unspecified atom stereocenters. The maximum Gasteiger partial charge on any atom is 0.140 e. The highest BCUT2D eigenvalue weighted by Crippen LogP contribution is 1.93. The van der Waals surface area contributed by atoms with Crippen LogP contribution in [-0.2, 0) is 0 Å². The SMILES string of the molecule is C/C=C(/C)N=NC(C)=N.[B]. The molecule has 0 saturated heterocycles. The molecule has 0 spiro atoms. The summed E-state index contributed by atoms with van der Waals surface area (Å²) in [6, 6.07) is 0. The van der Waals surface area contributed by atoms with Crippen molar-refractivity contribution < 1.29 is 0 Å². The summed E-state index contributed by atoms with van der Waals surface area (Å²) in [5.74, 6) is 0.233. The molecule has 0 heterocycles. The van der Waals surface area contributed by atoms with Crippen molar-refractivity contribution >= 4 is 14.2 Å². The Morgan fingerprint density at radius 1 is 1.30 bits per heavy atom. The molecule has 0 aromatic heterocycles. The molecule has 53 valence electrons. The quantitative estimate of drug-likeness (QED) is 0.248. The van der Waals surface area contributed by atoms with Gasteiger partial charge in [-0.2, -0.15) is 5.11 Å². The van der Waals surface area contributed by atoms with Crippen LogP contribution < -0.4 is 0 Å². The predicted octanol–water partition coefficient (Wildman–Crippen LogP) is 1.98. The fourth-order valence-corrected chi connectivity index (χ4v) is 0.212. The highest BCUT2D eigenvalue weighted by molar-refractivity contribution is 5.76. The summed E-state index contributed by atoms with van der Waals surface area (Å²) in [6.07, 6.45) is 1.84. The van der Waals surface area contributed by atoms with Crippen molar-refractivity contribution in [3.05, 3.63) is 11.8 Å². The van der Waals surface area contributed by atoms with E-state index in [1.54, 1.807) is 6.92 Å². The van der Waals surface area contributed by atoms with Crippen molar-refractivity contribution in [2.45, 2.75) is 20.8 Å². The van der Waals surface area contributed by atoms with E-state index in [0.29, 0.717) is 0 Å². The molecule has 0 aliphatic rings. The molecule has 3 nitrogen and oxygen atoms in total. The van der Waals surface area contributed by atoms with Gasteiger partial charge in [-0.1, -0.05) is 6.08 Å². The predicted molar refractivity (Wildman–Crippen MR) is 43.4 cm³/mol. The van der Waals surface area contributed by atoms with Gasteiger partial charge in [0.1, 0.15) is 5.84 Å². The van der Waals surface area contributed by atoms with Gasteiger partial charge in [0.25, 0.3) is 0 Å². The number of rotatable bonds is 1. The zero-order valence-electron chi connectivity index (χ0n) is 6.55. The maximum absolute atomic E-state index is 6.88. The van der Waals surface area contributed by atoms with Gasteiger partial charge in [-0.15, -0.1) is 5.11 Å². The van der Waals surface area contributed by atoms with Gasteiger partial charge in [-0.3, -0.25) is 5.41 Å². The van der Waals surface area contributed by atoms with Gasteiger partial charge in [0.05, 0.1) is 5.70 Å². The summed E-state index contributed by atoms with van der Waals surface area (Å²) in [7, 11) is 0. The summed E-state index contributed by atoms with van der Waals surface area (Å²) in [4.78, 5) is 0. The lowest BCUT2D eigenvalue weighted by Gasteiger charge is -1.84. The van der Waals surface area contributed by atoms with Crippen LogP contribution in [0.4, 0.5) is 0 Å². The van der Waals surface area contributed by atoms with Crippen LogP contribution in [0.25, 0.3) is 0 Å². The minimum Gasteiger partial charge on any atom is -0.285 e. The first kappa shape index (κ1) is 11.8. The lowest BCUT2D eigenvalue weighted by Crippen LogP contribution is -1.76. The molecule has 0 aromatic rings. The smallest absolute Gasteiger partial charge is 0.140 e. The van der Waals surface area contributed by atoms with Gasteiger partial charge in [0, 0.05) is 8.41 Å². The van der Waals surface area contributed by atoms with Crippen molar-refractivity contribution in [1.29, 1.82) is 5.41 Å². The van der Waals surface area contributed by atoms with E-state index < -0.39 is 0 Å². The number of azo groups is 1. The van der Waals surface area contributed by atoms with Crippen molar-refractivity contribution in [3.63, 3.8) is 0 Å². The van der Waals surface area contributed by atoms with Crippen LogP contribution in [-0.4, -0.2) is 14.2 Å². The molecule has 0 rings (SSSR count). The van der Waals surface area contributed by atoms with Crippen LogP contribution in [0.15, 0.2) is 22.0 Å². The first-order valence-electron chi connectivity index (χ1n) is 2.76. The second-order valence-corrected chi connectivity index (χ2v) is 1.72. The van der Waals surface area contributed by atoms with Crippen molar-refractivity contribution in [2.75, 3.05) is 0 Å². The first-order chi connectivity index (χ1) is 4.16. The van der Waals surface area contributed by atoms with Gasteiger partial charge in [-0.05, 0) is 20.8 Å². The van der Waals surface area contributed by atoms with E-state index in [9.17, 15) is 0 Å². The summed E-state index contributed by atoms with van der Waals surface area (Å²) >= 11 is 0. The third-order valence-corrected chi connectivity index (χ3v) is 0.776. The Morgan fingerprint density at radius 2 is 1.80 bits per heavy atom. The molecule has 0 saturated carbocycles. The number of amidine groups is 1. The molecule has 0 atom stereocenters. The van der Waals surface area contributed by atoms with E-state index in [-0.39, 0.29) is 14.2 Å². The summed E-state index contributed by atoms with van der Waals surface area (Å²) in [5, 5.41) is 14.1. The Bertz CT molecular complexity index is 160. The standard InChI is InChI=1S/C6H11N3.B/c1-4-5(2)8-9-6(3)7;/h4,7H,1-3H3;/b5-4-,7-6?,9-8?;. The van der Waals surface area contributed by atoms with E-state index in [0.717, 1.165) is 5.70 Å². The summed E-state index contributed by atoms with van der Waals surface area (Å²) < 4.78 is 0.